The van der Waals surface area contributed by atoms with Gasteiger partial charge in [0.15, 0.2) is 0 Å². The van der Waals surface area contributed by atoms with Gasteiger partial charge in [0.2, 0.25) is 0 Å². The Morgan fingerprint density at radius 3 is 1.67 bits per heavy atom. The molecule has 2 heterocycles. The Balaban J connectivity index is 0.837. The summed E-state index contributed by atoms with van der Waals surface area (Å²) in [4.78, 5) is 2.40. The highest BCUT2D eigenvalue weighted by atomic mass is 16.3. The molecule has 1 unspecified atom stereocenters. The zero-order valence-corrected chi connectivity index (χ0v) is 45.8. The zero-order valence-electron chi connectivity index (χ0n) is 45.8. The molecular formula is C81H52N2O. The largest absolute Gasteiger partial charge is 0.456 e. The van der Waals surface area contributed by atoms with Crippen LogP contribution in [0, 0.1) is 0 Å². The van der Waals surface area contributed by atoms with Gasteiger partial charge in [0.1, 0.15) is 11.2 Å². The minimum Gasteiger partial charge on any atom is -0.456 e. The quantitative estimate of drug-likeness (QED) is 0.144. The number of rotatable bonds is 9. The van der Waals surface area contributed by atoms with Crippen LogP contribution in [-0.4, -0.2) is 4.57 Å². The van der Waals surface area contributed by atoms with Gasteiger partial charge in [0, 0.05) is 50.1 Å². The average molecular weight is 1070 g/mol. The minimum atomic E-state index is -0.585. The third-order valence-electron chi connectivity index (χ3n) is 17.8. The van der Waals surface area contributed by atoms with Crippen LogP contribution in [0.2, 0.25) is 0 Å². The zero-order chi connectivity index (χ0) is 55.3. The van der Waals surface area contributed by atoms with Gasteiger partial charge in [-0.15, -0.1) is 0 Å². The third-order valence-corrected chi connectivity index (χ3v) is 17.8. The standard InChI is InChI=1S/C81H52N2O/c1-4-20-53(21-5-1)57-28-18-31-61(46-57)81(60-29-8-3-9-30-60)74-35-16-14-33-66(74)72-51-70(71(52-75(72)81)55-22-6-2-7-23-55)56-38-40-62(41-39-56)83-77-36-17-15-34-67(77)68-44-42-63(49-78(68)83)82(76-37-19-27-54-24-12-13-32-65(54)76)64-43-45-69-73-47-58-25-10-11-26-59(58)48-79(73)84-80(69)50-64/h1-52H. The molecule has 0 saturated carbocycles. The summed E-state index contributed by atoms with van der Waals surface area (Å²) < 4.78 is 9.19. The van der Waals surface area contributed by atoms with Crippen LogP contribution >= 0.6 is 0 Å². The fourth-order valence-corrected chi connectivity index (χ4v) is 14.0. The summed E-state index contributed by atoms with van der Waals surface area (Å²) in [7, 11) is 0. The highest BCUT2D eigenvalue weighted by molar-refractivity contribution is 6.13. The van der Waals surface area contributed by atoms with Crippen molar-refractivity contribution in [1.29, 1.82) is 0 Å². The van der Waals surface area contributed by atoms with E-state index in [1.165, 1.54) is 93.5 Å². The van der Waals surface area contributed by atoms with Gasteiger partial charge in [-0.3, -0.25) is 0 Å². The topological polar surface area (TPSA) is 21.3 Å². The molecular weight excluding hydrogens is 1020 g/mol. The number of para-hydroxylation sites is 1. The van der Waals surface area contributed by atoms with Crippen molar-refractivity contribution >= 4 is 82.4 Å². The van der Waals surface area contributed by atoms with Gasteiger partial charge in [-0.2, -0.15) is 0 Å². The van der Waals surface area contributed by atoms with Crippen molar-refractivity contribution in [2.24, 2.45) is 0 Å². The first-order chi connectivity index (χ1) is 41.6. The fraction of sp³-hybridized carbons (Fsp3) is 0.0123. The van der Waals surface area contributed by atoms with Crippen LogP contribution in [0.5, 0.6) is 0 Å². The molecule has 0 bridgehead atoms. The predicted molar refractivity (Wildman–Crippen MR) is 351 cm³/mol. The summed E-state index contributed by atoms with van der Waals surface area (Å²) in [6.07, 6.45) is 0. The predicted octanol–water partition coefficient (Wildman–Crippen LogP) is 21.8. The Kier molecular flexibility index (Phi) is 10.8. The number of furan rings is 1. The van der Waals surface area contributed by atoms with Gasteiger partial charge in [-0.1, -0.05) is 231 Å². The van der Waals surface area contributed by atoms with Crippen molar-refractivity contribution in [1.82, 2.24) is 4.57 Å². The van der Waals surface area contributed by atoms with E-state index in [4.69, 9.17) is 4.42 Å². The second kappa shape index (κ2) is 19.1. The number of anilines is 3. The molecule has 392 valence electrons. The highest BCUT2D eigenvalue weighted by Crippen LogP contribution is 2.58. The summed E-state index contributed by atoms with van der Waals surface area (Å²) in [5.74, 6) is 0. The van der Waals surface area contributed by atoms with Gasteiger partial charge in [-0.25, -0.2) is 0 Å². The van der Waals surface area contributed by atoms with Gasteiger partial charge >= 0.3 is 0 Å². The molecule has 16 aromatic rings. The van der Waals surface area contributed by atoms with Crippen LogP contribution in [0.15, 0.2) is 320 Å². The van der Waals surface area contributed by atoms with Crippen molar-refractivity contribution in [2.45, 2.75) is 5.41 Å². The Hall–Kier alpha value is -11.0. The number of benzene rings is 14. The molecule has 84 heavy (non-hydrogen) atoms. The molecule has 3 heteroatoms. The summed E-state index contributed by atoms with van der Waals surface area (Å²) in [6.45, 7) is 0. The van der Waals surface area contributed by atoms with E-state index in [9.17, 15) is 0 Å². The second-order valence-electron chi connectivity index (χ2n) is 22.3. The van der Waals surface area contributed by atoms with Crippen LogP contribution in [-0.2, 0) is 5.41 Å². The van der Waals surface area contributed by atoms with Crippen LogP contribution < -0.4 is 4.90 Å². The lowest BCUT2D eigenvalue weighted by atomic mass is 9.67. The lowest BCUT2D eigenvalue weighted by molar-refractivity contribution is 0.669. The van der Waals surface area contributed by atoms with Crippen molar-refractivity contribution in [3.8, 4) is 50.2 Å². The average Bonchev–Trinajstić information content (AvgIpc) is 1.86. The van der Waals surface area contributed by atoms with Crippen molar-refractivity contribution in [2.75, 3.05) is 4.90 Å². The van der Waals surface area contributed by atoms with E-state index in [-0.39, 0.29) is 0 Å². The summed E-state index contributed by atoms with van der Waals surface area (Å²) in [5.41, 5.74) is 22.3. The first-order valence-electron chi connectivity index (χ1n) is 29.0. The van der Waals surface area contributed by atoms with Gasteiger partial charge < -0.3 is 13.9 Å². The van der Waals surface area contributed by atoms with E-state index in [0.717, 1.165) is 61.3 Å². The van der Waals surface area contributed by atoms with Gasteiger partial charge in [-0.05, 0) is 162 Å². The molecule has 3 nitrogen and oxygen atoms in total. The molecule has 17 rings (SSSR count). The fourth-order valence-electron chi connectivity index (χ4n) is 14.0. The Morgan fingerprint density at radius 1 is 0.286 bits per heavy atom. The van der Waals surface area contributed by atoms with Crippen LogP contribution in [0.25, 0.3) is 115 Å². The molecule has 14 aromatic carbocycles. The maximum absolute atomic E-state index is 6.74. The Bertz CT molecular complexity index is 5250. The third kappa shape index (κ3) is 7.39. The van der Waals surface area contributed by atoms with Crippen molar-refractivity contribution in [3.63, 3.8) is 0 Å². The van der Waals surface area contributed by atoms with Crippen molar-refractivity contribution in [3.05, 3.63) is 338 Å². The van der Waals surface area contributed by atoms with Crippen LogP contribution in [0.3, 0.4) is 0 Å². The smallest absolute Gasteiger partial charge is 0.137 e. The lowest BCUT2D eigenvalue weighted by Gasteiger charge is -2.34. The monoisotopic (exact) mass is 1070 g/mol. The Morgan fingerprint density at radius 2 is 0.857 bits per heavy atom. The molecule has 0 radical (unpaired) electrons. The molecule has 1 aliphatic rings. The van der Waals surface area contributed by atoms with Gasteiger partial charge in [0.25, 0.3) is 0 Å². The first-order valence-corrected chi connectivity index (χ1v) is 29.0. The minimum absolute atomic E-state index is 0.585. The summed E-state index contributed by atoms with van der Waals surface area (Å²) in [5, 5.41) is 9.32. The van der Waals surface area contributed by atoms with Crippen LogP contribution in [0.1, 0.15) is 22.3 Å². The lowest BCUT2D eigenvalue weighted by Crippen LogP contribution is -2.28. The molecule has 1 atom stereocenters. The van der Waals surface area contributed by atoms with Gasteiger partial charge in [0.05, 0.1) is 22.1 Å². The molecule has 0 aliphatic heterocycles. The first kappa shape index (κ1) is 47.8. The van der Waals surface area contributed by atoms with Crippen LogP contribution in [0.4, 0.5) is 17.1 Å². The summed E-state index contributed by atoms with van der Waals surface area (Å²) in [6, 6.07) is 116. The maximum atomic E-state index is 6.74. The van der Waals surface area contributed by atoms with Crippen molar-refractivity contribution < 1.29 is 4.42 Å². The number of hydrogen-bond acceptors (Lipinski definition) is 2. The van der Waals surface area contributed by atoms with E-state index in [1.54, 1.807) is 0 Å². The Labute approximate surface area is 486 Å². The second-order valence-corrected chi connectivity index (χ2v) is 22.3. The molecule has 0 N–H and O–H groups in total. The SMILES string of the molecule is c1ccc(-c2cccc(C3(c4ccccc4)c4ccccc4-c4cc(-c5ccc(-n6c7ccccc7c7ccc(N(c8ccc9c(c8)oc8cc%10ccccc%10cc89)c8cccc9ccccc89)cc76)cc5)c(-c5ccccc5)cc43)c2)cc1. The van der Waals surface area contributed by atoms with E-state index >= 15 is 0 Å². The molecule has 0 spiro atoms. The summed E-state index contributed by atoms with van der Waals surface area (Å²) >= 11 is 0. The normalized spacial score (nSPS) is 13.8. The van der Waals surface area contributed by atoms with E-state index in [1.807, 2.05) is 0 Å². The molecule has 0 fully saturated rings. The van der Waals surface area contributed by atoms with E-state index < -0.39 is 5.41 Å². The van der Waals surface area contributed by atoms with E-state index in [0.29, 0.717) is 0 Å². The number of aromatic nitrogens is 1. The molecule has 1 aliphatic carbocycles. The van der Waals surface area contributed by atoms with E-state index in [2.05, 4.69) is 325 Å². The number of nitrogens with zero attached hydrogens (tertiary/aromatic N) is 2. The maximum Gasteiger partial charge on any atom is 0.137 e. The highest BCUT2D eigenvalue weighted by Gasteiger charge is 2.47. The molecule has 2 aromatic heterocycles. The number of hydrogen-bond donors (Lipinski definition) is 0. The molecule has 0 saturated heterocycles. The molecule has 0 amide bonds. The number of fused-ring (bicyclic) bond motifs is 11.